The number of hydrogen-bond acceptors (Lipinski definition) is 2. The van der Waals surface area contributed by atoms with Gasteiger partial charge in [0.25, 0.3) is 5.91 Å². The van der Waals surface area contributed by atoms with Crippen LogP contribution >= 0.6 is 22.6 Å². The fraction of sp³-hybridized carbons (Fsp3) is 0.417. The summed E-state index contributed by atoms with van der Waals surface area (Å²) in [5, 5.41) is 9.52. The summed E-state index contributed by atoms with van der Waals surface area (Å²) >= 11 is 2.07. The van der Waals surface area contributed by atoms with E-state index in [1.54, 1.807) is 24.3 Å². The summed E-state index contributed by atoms with van der Waals surface area (Å²) in [5.74, 6) is -0.489. The van der Waals surface area contributed by atoms with Crippen LogP contribution in [0.15, 0.2) is 24.3 Å². The molecule has 1 unspecified atom stereocenters. The lowest BCUT2D eigenvalue weighted by molar-refractivity contribution is -0.253. The number of β-amino-alcohol motifs (C(OH)–C–C–N with tert-alkyl or cyclic N) is 1. The van der Waals surface area contributed by atoms with E-state index in [1.807, 2.05) is 0 Å². The maximum Gasteiger partial charge on any atom is 0.419 e. The number of carbonyl (C=O) groups is 1. The second kappa shape index (κ2) is 4.93. The summed E-state index contributed by atoms with van der Waals surface area (Å²) in [6.45, 7) is -0.803. The minimum absolute atomic E-state index is 0.0964. The minimum atomic E-state index is -4.71. The van der Waals surface area contributed by atoms with Gasteiger partial charge < -0.3 is 10.0 Å². The zero-order valence-corrected chi connectivity index (χ0v) is 11.9. The van der Waals surface area contributed by atoms with E-state index < -0.39 is 30.7 Å². The molecule has 0 aliphatic carbocycles. The number of likely N-dealkylation sites (tertiary alicyclic amines) is 1. The van der Waals surface area contributed by atoms with E-state index in [2.05, 4.69) is 22.6 Å². The van der Waals surface area contributed by atoms with Crippen molar-refractivity contribution in [1.82, 2.24) is 4.90 Å². The average Bonchev–Trinajstić information content (AvgIpc) is 2.73. The molecule has 104 valence electrons. The van der Waals surface area contributed by atoms with Crippen molar-refractivity contribution >= 4 is 28.5 Å². The van der Waals surface area contributed by atoms with Gasteiger partial charge in [-0.05, 0) is 46.9 Å². The molecule has 1 aromatic carbocycles. The minimum Gasteiger partial charge on any atom is -0.379 e. The van der Waals surface area contributed by atoms with Crippen molar-refractivity contribution in [3.05, 3.63) is 33.4 Å². The van der Waals surface area contributed by atoms with Gasteiger partial charge >= 0.3 is 6.18 Å². The highest BCUT2D eigenvalue weighted by Gasteiger charge is 2.57. The van der Waals surface area contributed by atoms with Gasteiger partial charge in [0.15, 0.2) is 5.60 Å². The number of carbonyl (C=O) groups excluding carboxylic acids is 1. The van der Waals surface area contributed by atoms with Crippen molar-refractivity contribution in [3.63, 3.8) is 0 Å². The van der Waals surface area contributed by atoms with Crippen molar-refractivity contribution < 1.29 is 23.1 Å². The summed E-state index contributed by atoms with van der Waals surface area (Å²) < 4.78 is 38.9. The topological polar surface area (TPSA) is 40.5 Å². The molecular formula is C12H11F3INO2. The Labute approximate surface area is 121 Å². The third-order valence-electron chi connectivity index (χ3n) is 3.15. The van der Waals surface area contributed by atoms with Crippen molar-refractivity contribution in [1.29, 1.82) is 0 Å². The molecule has 0 spiro atoms. The van der Waals surface area contributed by atoms with Crippen LogP contribution in [-0.4, -0.2) is 40.8 Å². The molecule has 1 fully saturated rings. The third-order valence-corrected chi connectivity index (χ3v) is 3.87. The molecule has 1 aliphatic heterocycles. The summed E-state index contributed by atoms with van der Waals surface area (Å²) in [7, 11) is 0. The van der Waals surface area contributed by atoms with Crippen LogP contribution in [0, 0.1) is 3.57 Å². The molecule has 1 heterocycles. The van der Waals surface area contributed by atoms with Crippen LogP contribution in [0.25, 0.3) is 0 Å². The van der Waals surface area contributed by atoms with Crippen molar-refractivity contribution in [3.8, 4) is 0 Å². The summed E-state index contributed by atoms with van der Waals surface area (Å²) in [6.07, 6.45) is -5.19. The van der Waals surface area contributed by atoms with E-state index in [4.69, 9.17) is 0 Å². The SMILES string of the molecule is O=C(c1ccc(I)cc1)N1CCC(O)(C(F)(F)F)C1. The first kappa shape index (κ1) is 14.6. The predicted octanol–water partition coefficient (Wildman–Crippen LogP) is 2.43. The number of nitrogens with zero attached hydrogens (tertiary/aromatic N) is 1. The molecule has 3 nitrogen and oxygen atoms in total. The molecule has 19 heavy (non-hydrogen) atoms. The Morgan fingerprint density at radius 2 is 1.89 bits per heavy atom. The Morgan fingerprint density at radius 1 is 1.32 bits per heavy atom. The molecule has 0 bridgehead atoms. The first-order valence-corrected chi connectivity index (χ1v) is 6.65. The van der Waals surface area contributed by atoms with Gasteiger partial charge in [-0.2, -0.15) is 13.2 Å². The lowest BCUT2D eigenvalue weighted by atomic mass is 10.0. The average molecular weight is 385 g/mol. The van der Waals surface area contributed by atoms with Gasteiger partial charge in [-0.1, -0.05) is 0 Å². The molecule has 1 aromatic rings. The van der Waals surface area contributed by atoms with Crippen LogP contribution in [0.2, 0.25) is 0 Å². The van der Waals surface area contributed by atoms with Crippen LogP contribution in [0.4, 0.5) is 13.2 Å². The Kier molecular flexibility index (Phi) is 3.78. The van der Waals surface area contributed by atoms with Gasteiger partial charge in [-0.15, -0.1) is 0 Å². The van der Waals surface area contributed by atoms with Crippen molar-refractivity contribution in [2.75, 3.05) is 13.1 Å². The Morgan fingerprint density at radius 3 is 2.37 bits per heavy atom. The second-order valence-electron chi connectivity index (χ2n) is 4.51. The van der Waals surface area contributed by atoms with Crippen LogP contribution < -0.4 is 0 Å². The maximum absolute atomic E-state index is 12.6. The molecule has 1 amide bonds. The molecule has 1 N–H and O–H groups in total. The maximum atomic E-state index is 12.6. The Hall–Kier alpha value is -0.830. The van der Waals surface area contributed by atoms with E-state index in [-0.39, 0.29) is 6.54 Å². The van der Waals surface area contributed by atoms with Gasteiger partial charge in [0, 0.05) is 22.1 Å². The van der Waals surface area contributed by atoms with Crippen LogP contribution in [0.5, 0.6) is 0 Å². The second-order valence-corrected chi connectivity index (χ2v) is 5.76. The zero-order chi connectivity index (χ0) is 14.3. The van der Waals surface area contributed by atoms with Gasteiger partial charge in [0.1, 0.15) is 0 Å². The van der Waals surface area contributed by atoms with E-state index in [0.29, 0.717) is 5.56 Å². The Bertz CT molecular complexity index is 489. The Balaban J connectivity index is 2.13. The zero-order valence-electron chi connectivity index (χ0n) is 9.75. The number of benzene rings is 1. The standard InChI is InChI=1S/C12H11F3INO2/c13-12(14,15)11(19)5-6-17(7-11)10(18)8-1-3-9(16)4-2-8/h1-4,19H,5-7H2. The van der Waals surface area contributed by atoms with Crippen LogP contribution in [0.3, 0.4) is 0 Å². The van der Waals surface area contributed by atoms with Gasteiger partial charge in [0.2, 0.25) is 0 Å². The highest BCUT2D eigenvalue weighted by molar-refractivity contribution is 14.1. The summed E-state index contributed by atoms with van der Waals surface area (Å²) in [4.78, 5) is 13.1. The third kappa shape index (κ3) is 2.86. The van der Waals surface area contributed by atoms with Crippen LogP contribution in [-0.2, 0) is 0 Å². The smallest absolute Gasteiger partial charge is 0.379 e. The molecule has 0 radical (unpaired) electrons. The molecule has 1 atom stereocenters. The molecule has 1 saturated heterocycles. The number of hydrogen-bond donors (Lipinski definition) is 1. The molecule has 2 rings (SSSR count). The fourth-order valence-corrected chi connectivity index (χ4v) is 2.33. The number of aliphatic hydroxyl groups is 1. The monoisotopic (exact) mass is 385 g/mol. The van der Waals surface area contributed by atoms with Gasteiger partial charge in [-0.25, -0.2) is 0 Å². The largest absolute Gasteiger partial charge is 0.419 e. The molecule has 1 aliphatic rings. The molecular weight excluding hydrogens is 374 g/mol. The summed E-state index contributed by atoms with van der Waals surface area (Å²) in [5.41, 5.74) is -2.46. The van der Waals surface area contributed by atoms with Crippen molar-refractivity contribution in [2.45, 2.75) is 18.2 Å². The van der Waals surface area contributed by atoms with E-state index in [0.717, 1.165) is 8.47 Å². The van der Waals surface area contributed by atoms with E-state index in [9.17, 15) is 23.1 Å². The van der Waals surface area contributed by atoms with E-state index in [1.165, 1.54) is 0 Å². The number of halogens is 4. The highest BCUT2D eigenvalue weighted by atomic mass is 127. The first-order chi connectivity index (χ1) is 8.73. The van der Waals surface area contributed by atoms with E-state index >= 15 is 0 Å². The molecule has 7 heteroatoms. The summed E-state index contributed by atoms with van der Waals surface area (Å²) in [6, 6.07) is 6.55. The highest BCUT2D eigenvalue weighted by Crippen LogP contribution is 2.37. The molecule has 0 aromatic heterocycles. The van der Waals surface area contributed by atoms with Crippen LogP contribution in [0.1, 0.15) is 16.8 Å². The van der Waals surface area contributed by atoms with Gasteiger partial charge in [0.05, 0.1) is 6.54 Å². The number of rotatable bonds is 1. The number of alkyl halides is 3. The number of amides is 1. The lowest BCUT2D eigenvalue weighted by Crippen LogP contribution is -2.48. The van der Waals surface area contributed by atoms with Gasteiger partial charge in [-0.3, -0.25) is 4.79 Å². The lowest BCUT2D eigenvalue weighted by Gasteiger charge is -2.25. The normalized spacial score (nSPS) is 23.7. The fourth-order valence-electron chi connectivity index (χ4n) is 1.97. The first-order valence-electron chi connectivity index (χ1n) is 5.57. The quantitative estimate of drug-likeness (QED) is 0.755. The predicted molar refractivity (Wildman–Crippen MR) is 70.7 cm³/mol. The molecule has 0 saturated carbocycles. The van der Waals surface area contributed by atoms with Crippen molar-refractivity contribution in [2.24, 2.45) is 0 Å².